The van der Waals surface area contributed by atoms with Gasteiger partial charge in [-0.2, -0.15) is 13.2 Å². The highest BCUT2D eigenvalue weighted by Gasteiger charge is 2.54. The van der Waals surface area contributed by atoms with E-state index in [1.165, 1.54) is 28.0 Å². The highest BCUT2D eigenvalue weighted by atomic mass is 32.2. The molecule has 0 bridgehead atoms. The summed E-state index contributed by atoms with van der Waals surface area (Å²) >= 11 is 2.64. The second kappa shape index (κ2) is 12.6. The summed E-state index contributed by atoms with van der Waals surface area (Å²) in [6, 6.07) is 4.28. The SMILES string of the molecule is Nc1nc(CON=CC(=O)NC2C(=O)N3C(C(=O)O)=C(C[n+]4ccccc4)SCC23)cs1.O=S(=O)([O-])C(F)(F)F. The van der Waals surface area contributed by atoms with Crippen molar-refractivity contribution in [3.05, 3.63) is 52.3 Å². The van der Waals surface area contributed by atoms with Crippen LogP contribution in [-0.4, -0.2) is 75.3 Å². The number of hydrogen-bond donors (Lipinski definition) is 3. The fourth-order valence-corrected chi connectivity index (χ4v) is 5.18. The van der Waals surface area contributed by atoms with Crippen molar-refractivity contribution >= 4 is 62.3 Å². The molecule has 4 heterocycles. The number of carbonyl (C=O) groups is 3. The lowest BCUT2D eigenvalue weighted by Gasteiger charge is -2.49. The number of aromatic nitrogens is 2. The zero-order valence-corrected chi connectivity index (χ0v) is 22.3. The number of carboxylic acids is 1. The molecule has 2 aliphatic rings. The van der Waals surface area contributed by atoms with Crippen molar-refractivity contribution in [2.45, 2.75) is 30.7 Å². The van der Waals surface area contributed by atoms with E-state index in [0.29, 0.717) is 28.0 Å². The van der Waals surface area contributed by atoms with E-state index < -0.39 is 45.5 Å². The maximum Gasteiger partial charge on any atom is 0.485 e. The minimum Gasteiger partial charge on any atom is -0.741 e. The first-order valence-corrected chi connectivity index (χ1v) is 14.0. The topological polar surface area (TPSA) is 208 Å². The Morgan fingerprint density at radius 3 is 2.55 bits per heavy atom. The second-order valence-electron chi connectivity index (χ2n) is 7.78. The van der Waals surface area contributed by atoms with Gasteiger partial charge in [-0.3, -0.25) is 14.5 Å². The van der Waals surface area contributed by atoms with Crippen molar-refractivity contribution in [3.63, 3.8) is 0 Å². The molecule has 2 aromatic rings. The number of fused-ring (bicyclic) bond motifs is 1. The summed E-state index contributed by atoms with van der Waals surface area (Å²) in [5.41, 5.74) is 0.420. The maximum absolute atomic E-state index is 12.7. The van der Waals surface area contributed by atoms with Crippen LogP contribution in [0.3, 0.4) is 0 Å². The number of pyridine rings is 1. The molecule has 2 atom stereocenters. The van der Waals surface area contributed by atoms with Crippen LogP contribution in [0, 0.1) is 0 Å². The third-order valence-electron chi connectivity index (χ3n) is 5.07. The van der Waals surface area contributed by atoms with Gasteiger partial charge in [-0.05, 0) is 0 Å². The lowest BCUT2D eigenvalue weighted by atomic mass is 9.94. The Labute approximate surface area is 232 Å². The standard InChI is InChI=1S/C19H18N6O5S2.CHF3O3S/c20-19-22-11(9-32-19)8-30-21-6-14(26)23-15-12-10-31-13(7-24-4-2-1-3-5-24)16(18(28)29)25(12)17(15)27;2-1(3,4)8(5,6)7/h1-6,9,12,15H,7-8,10H2,(H3-,20,22,23,26,28,29);(H,5,6,7). The first kappa shape index (κ1) is 30.8. The van der Waals surface area contributed by atoms with E-state index in [0.717, 1.165) is 6.21 Å². The van der Waals surface area contributed by atoms with Crippen molar-refractivity contribution in [3.8, 4) is 0 Å². The highest BCUT2D eigenvalue weighted by Crippen LogP contribution is 2.39. The minimum atomic E-state index is -6.09. The molecule has 4 N–H and O–H groups in total. The summed E-state index contributed by atoms with van der Waals surface area (Å²) in [6.45, 7) is 0.400. The van der Waals surface area contributed by atoms with E-state index in [2.05, 4.69) is 15.5 Å². The van der Waals surface area contributed by atoms with Crippen LogP contribution in [0.5, 0.6) is 0 Å². The summed E-state index contributed by atoms with van der Waals surface area (Å²) < 4.78 is 60.7. The average Bonchev–Trinajstić information content (AvgIpc) is 3.29. The van der Waals surface area contributed by atoms with Crippen LogP contribution in [0.4, 0.5) is 18.3 Å². The molecule has 0 aliphatic carbocycles. The number of alkyl halides is 3. The lowest BCUT2D eigenvalue weighted by molar-refractivity contribution is -0.687. The lowest BCUT2D eigenvalue weighted by Crippen LogP contribution is -2.72. The third-order valence-corrected chi connectivity index (χ3v) is 7.54. The first-order chi connectivity index (χ1) is 18.7. The molecule has 2 aromatic heterocycles. The number of nitrogen functional groups attached to an aromatic ring is 1. The summed E-state index contributed by atoms with van der Waals surface area (Å²) in [4.78, 5) is 47.5. The monoisotopic (exact) mass is 624 g/mol. The predicted octanol–water partition coefficient (Wildman–Crippen LogP) is 0.00540. The van der Waals surface area contributed by atoms with E-state index >= 15 is 0 Å². The fraction of sp³-hybridized carbons (Fsp3) is 0.300. The number of nitrogens with zero attached hydrogens (tertiary/aromatic N) is 4. The van der Waals surface area contributed by atoms with Gasteiger partial charge in [0.25, 0.3) is 11.8 Å². The molecule has 1 fully saturated rings. The number of allylic oxidation sites excluding steroid dienone is 1. The number of nitrogens with one attached hydrogen (secondary N) is 1. The molecule has 0 aromatic carbocycles. The van der Waals surface area contributed by atoms with E-state index in [4.69, 9.17) is 23.5 Å². The number of thioether (sulfide) groups is 1. The number of thiazole rings is 1. The third kappa shape index (κ3) is 7.67. The first-order valence-electron chi connectivity index (χ1n) is 10.7. The summed E-state index contributed by atoms with van der Waals surface area (Å²) in [5, 5.41) is 18.0. The molecule has 2 unspecified atom stereocenters. The van der Waals surface area contributed by atoms with Gasteiger partial charge >= 0.3 is 11.5 Å². The van der Waals surface area contributed by atoms with Gasteiger partial charge in [-0.1, -0.05) is 11.2 Å². The number of aliphatic carboxylic acids is 1. The zero-order chi connectivity index (χ0) is 29.7. The van der Waals surface area contributed by atoms with E-state index in [1.807, 2.05) is 35.2 Å². The van der Waals surface area contributed by atoms with Gasteiger partial charge in [0.1, 0.15) is 18.0 Å². The maximum atomic E-state index is 12.7. The van der Waals surface area contributed by atoms with Gasteiger partial charge in [0.05, 0.1) is 16.6 Å². The number of nitrogens with two attached hydrogens (primary N) is 1. The smallest absolute Gasteiger partial charge is 0.485 e. The van der Waals surface area contributed by atoms with Crippen molar-refractivity contribution in [1.82, 2.24) is 15.2 Å². The van der Waals surface area contributed by atoms with Crippen LogP contribution in [0.15, 0.2) is 51.7 Å². The molecular formula is C20H19F3N6O8S3. The number of hydrogen-bond acceptors (Lipinski definition) is 12. The van der Waals surface area contributed by atoms with Crippen molar-refractivity contribution < 1.29 is 55.0 Å². The van der Waals surface area contributed by atoms with E-state index in [-0.39, 0.29) is 12.3 Å². The molecule has 2 aliphatic heterocycles. The van der Waals surface area contributed by atoms with Crippen LogP contribution in [0.1, 0.15) is 5.69 Å². The van der Waals surface area contributed by atoms with Gasteiger partial charge in [-0.25, -0.2) is 22.8 Å². The molecule has 4 rings (SSSR count). The van der Waals surface area contributed by atoms with Gasteiger partial charge in [0.15, 0.2) is 40.8 Å². The van der Waals surface area contributed by atoms with Gasteiger partial charge in [-0.15, -0.1) is 23.1 Å². The summed E-state index contributed by atoms with van der Waals surface area (Å²) in [7, 11) is -6.09. The van der Waals surface area contributed by atoms with E-state index in [9.17, 15) is 32.7 Å². The molecule has 1 saturated heterocycles. The predicted molar refractivity (Wildman–Crippen MR) is 132 cm³/mol. The summed E-state index contributed by atoms with van der Waals surface area (Å²) in [5.74, 6) is -1.79. The normalized spacial score (nSPS) is 18.9. The van der Waals surface area contributed by atoms with Gasteiger partial charge in [0, 0.05) is 23.3 Å². The Hall–Kier alpha value is -3.75. The average molecular weight is 625 g/mol. The van der Waals surface area contributed by atoms with Crippen LogP contribution >= 0.6 is 23.1 Å². The molecule has 2 amide bonds. The Kier molecular flexibility index (Phi) is 9.71. The molecule has 0 saturated carbocycles. The highest BCUT2D eigenvalue weighted by molar-refractivity contribution is 8.03. The van der Waals surface area contributed by atoms with Crippen LogP contribution in [-0.2, 0) is 42.5 Å². The zero-order valence-electron chi connectivity index (χ0n) is 19.8. The Morgan fingerprint density at radius 2 is 2.00 bits per heavy atom. The van der Waals surface area contributed by atoms with Crippen molar-refractivity contribution in [2.24, 2.45) is 5.16 Å². The number of carbonyl (C=O) groups excluding carboxylic acids is 2. The molecule has 40 heavy (non-hydrogen) atoms. The minimum absolute atomic E-state index is 0.0439. The summed E-state index contributed by atoms with van der Waals surface area (Å²) in [6.07, 6.45) is 4.57. The quantitative estimate of drug-likeness (QED) is 0.0890. The largest absolute Gasteiger partial charge is 0.741 e. The number of anilines is 1. The van der Waals surface area contributed by atoms with Crippen molar-refractivity contribution in [2.75, 3.05) is 11.5 Å². The van der Waals surface area contributed by atoms with E-state index in [1.54, 1.807) is 5.38 Å². The number of oxime groups is 1. The Morgan fingerprint density at radius 1 is 1.35 bits per heavy atom. The molecule has 0 radical (unpaired) electrons. The number of rotatable bonds is 8. The van der Waals surface area contributed by atoms with Crippen molar-refractivity contribution in [1.29, 1.82) is 0 Å². The van der Waals surface area contributed by atoms with Gasteiger partial charge < -0.3 is 25.5 Å². The second-order valence-corrected chi connectivity index (χ2v) is 11.2. The molecule has 0 spiro atoms. The molecule has 216 valence electrons. The number of β-lactam (4-membered cyclic amide) rings is 1. The Bertz CT molecular complexity index is 1430. The fourth-order valence-electron chi connectivity index (χ4n) is 3.35. The number of carboxylic acid groups (broad SMARTS) is 1. The molecule has 14 nitrogen and oxygen atoms in total. The molecule has 20 heteroatoms. The Balaban J connectivity index is 0.000000482. The van der Waals surface area contributed by atoms with Crippen LogP contribution < -0.4 is 15.6 Å². The van der Waals surface area contributed by atoms with Crippen LogP contribution in [0.2, 0.25) is 0 Å². The molecular weight excluding hydrogens is 605 g/mol. The number of halogens is 3. The van der Waals surface area contributed by atoms with Crippen LogP contribution in [0.25, 0.3) is 0 Å². The number of amides is 2. The van der Waals surface area contributed by atoms with Gasteiger partial charge in [0.2, 0.25) is 0 Å².